The van der Waals surface area contributed by atoms with Crippen molar-refractivity contribution in [1.29, 1.82) is 0 Å². The van der Waals surface area contributed by atoms with Gasteiger partial charge in [-0.15, -0.1) is 0 Å². The molecule has 0 aliphatic carbocycles. The number of hydrogen-bond donors (Lipinski definition) is 1. The summed E-state index contributed by atoms with van der Waals surface area (Å²) < 4.78 is 0. The Kier molecular flexibility index (Phi) is 2.94. The molecule has 0 bridgehead atoms. The van der Waals surface area contributed by atoms with Crippen LogP contribution in [-0.4, -0.2) is 15.1 Å². The first-order valence-corrected chi connectivity index (χ1v) is 4.85. The van der Waals surface area contributed by atoms with E-state index in [1.165, 1.54) is 0 Å². The van der Waals surface area contributed by atoms with Gasteiger partial charge in [0, 0.05) is 24.2 Å². The minimum Gasteiger partial charge on any atom is -0.384 e. The van der Waals surface area contributed by atoms with E-state index in [0.29, 0.717) is 10.7 Å². The van der Waals surface area contributed by atoms with E-state index in [-0.39, 0.29) is 0 Å². The first-order chi connectivity index (χ1) is 7.29. The number of nitrogens with zero attached hydrogens (tertiary/aromatic N) is 2. The molecule has 0 saturated carbocycles. The zero-order valence-corrected chi connectivity index (χ0v) is 8.59. The molecule has 15 heavy (non-hydrogen) atoms. The van der Waals surface area contributed by atoms with Gasteiger partial charge in [-0.1, -0.05) is 17.7 Å². The van der Waals surface area contributed by atoms with Crippen LogP contribution < -0.4 is 0 Å². The molecule has 2 heterocycles. The van der Waals surface area contributed by atoms with Crippen molar-refractivity contribution < 1.29 is 5.11 Å². The van der Waals surface area contributed by atoms with Crippen LogP contribution in [0.5, 0.6) is 0 Å². The number of rotatable bonds is 2. The van der Waals surface area contributed by atoms with E-state index in [1.807, 2.05) is 0 Å². The number of hydrogen-bond acceptors (Lipinski definition) is 3. The first-order valence-electron chi connectivity index (χ1n) is 4.47. The third kappa shape index (κ3) is 2.14. The Hall–Kier alpha value is -1.45. The zero-order chi connectivity index (χ0) is 10.7. The minimum atomic E-state index is -0.755. The van der Waals surface area contributed by atoms with Gasteiger partial charge in [0.2, 0.25) is 0 Å². The summed E-state index contributed by atoms with van der Waals surface area (Å²) in [4.78, 5) is 7.80. The second kappa shape index (κ2) is 4.38. The lowest BCUT2D eigenvalue weighted by Gasteiger charge is -2.11. The van der Waals surface area contributed by atoms with Gasteiger partial charge in [-0.25, -0.2) is 4.98 Å². The summed E-state index contributed by atoms with van der Waals surface area (Å²) in [5.74, 6) is 0. The fourth-order valence-electron chi connectivity index (χ4n) is 1.33. The molecule has 0 saturated heterocycles. The highest BCUT2D eigenvalue weighted by atomic mass is 35.5. The number of aromatic nitrogens is 2. The van der Waals surface area contributed by atoms with Gasteiger partial charge in [0.15, 0.2) is 0 Å². The lowest BCUT2D eigenvalue weighted by Crippen LogP contribution is -2.01. The normalized spacial score (nSPS) is 12.4. The monoisotopic (exact) mass is 220 g/mol. The Morgan fingerprint density at radius 2 is 1.87 bits per heavy atom. The largest absolute Gasteiger partial charge is 0.384 e. The highest BCUT2D eigenvalue weighted by Crippen LogP contribution is 2.25. The fraction of sp³-hybridized carbons (Fsp3) is 0.0909. The second-order valence-corrected chi connectivity index (χ2v) is 3.42. The number of halogens is 1. The van der Waals surface area contributed by atoms with Crippen molar-refractivity contribution in [2.75, 3.05) is 0 Å². The van der Waals surface area contributed by atoms with Crippen LogP contribution in [0.2, 0.25) is 5.15 Å². The standard InChI is InChI=1S/C11H9ClN2O/c12-11-9(2-1-5-14-11)10(15)8-3-6-13-7-4-8/h1-7,10,15H. The SMILES string of the molecule is OC(c1ccncc1)c1cccnc1Cl. The van der Waals surface area contributed by atoms with Gasteiger partial charge in [-0.05, 0) is 23.8 Å². The zero-order valence-electron chi connectivity index (χ0n) is 7.84. The van der Waals surface area contributed by atoms with Gasteiger partial charge in [0.05, 0.1) is 0 Å². The van der Waals surface area contributed by atoms with Crippen LogP contribution in [0.25, 0.3) is 0 Å². The van der Waals surface area contributed by atoms with Gasteiger partial charge in [-0.3, -0.25) is 4.98 Å². The molecule has 1 unspecified atom stereocenters. The summed E-state index contributed by atoms with van der Waals surface area (Å²) in [7, 11) is 0. The summed E-state index contributed by atoms with van der Waals surface area (Å²) in [6, 6.07) is 6.98. The molecular formula is C11H9ClN2O. The molecule has 2 aromatic rings. The Balaban J connectivity index is 2.37. The highest BCUT2D eigenvalue weighted by Gasteiger charge is 2.13. The molecular weight excluding hydrogens is 212 g/mol. The molecule has 0 aromatic carbocycles. The predicted octanol–water partition coefficient (Wildman–Crippen LogP) is 2.21. The van der Waals surface area contributed by atoms with Gasteiger partial charge in [-0.2, -0.15) is 0 Å². The Morgan fingerprint density at radius 1 is 1.13 bits per heavy atom. The van der Waals surface area contributed by atoms with E-state index >= 15 is 0 Å². The topological polar surface area (TPSA) is 46.0 Å². The molecule has 0 fully saturated rings. The van der Waals surface area contributed by atoms with Crippen LogP contribution >= 0.6 is 11.6 Å². The molecule has 76 valence electrons. The van der Waals surface area contributed by atoms with Crippen molar-refractivity contribution >= 4 is 11.6 Å². The van der Waals surface area contributed by atoms with Crippen molar-refractivity contribution in [1.82, 2.24) is 9.97 Å². The van der Waals surface area contributed by atoms with Gasteiger partial charge in [0.1, 0.15) is 11.3 Å². The van der Waals surface area contributed by atoms with Crippen molar-refractivity contribution in [2.45, 2.75) is 6.10 Å². The van der Waals surface area contributed by atoms with Crippen molar-refractivity contribution in [2.24, 2.45) is 0 Å². The smallest absolute Gasteiger partial charge is 0.135 e. The minimum absolute atomic E-state index is 0.321. The van der Waals surface area contributed by atoms with Crippen molar-refractivity contribution in [3.63, 3.8) is 0 Å². The lowest BCUT2D eigenvalue weighted by molar-refractivity contribution is 0.220. The van der Waals surface area contributed by atoms with Crippen LogP contribution in [-0.2, 0) is 0 Å². The Bertz CT molecular complexity index is 447. The Labute approximate surface area is 92.4 Å². The average Bonchev–Trinajstić information content (AvgIpc) is 2.30. The molecule has 4 heteroatoms. The van der Waals surface area contributed by atoms with Crippen LogP contribution in [0.1, 0.15) is 17.2 Å². The van der Waals surface area contributed by atoms with Gasteiger partial charge in [0.25, 0.3) is 0 Å². The van der Waals surface area contributed by atoms with Gasteiger partial charge >= 0.3 is 0 Å². The summed E-state index contributed by atoms with van der Waals surface area (Å²) in [5.41, 5.74) is 1.35. The molecule has 0 radical (unpaired) electrons. The van der Waals surface area contributed by atoms with E-state index in [4.69, 9.17) is 11.6 Å². The summed E-state index contributed by atoms with van der Waals surface area (Å²) >= 11 is 5.88. The summed E-state index contributed by atoms with van der Waals surface area (Å²) in [6.07, 6.45) is 4.09. The maximum absolute atomic E-state index is 10.0. The average molecular weight is 221 g/mol. The number of pyridine rings is 2. The molecule has 0 spiro atoms. The van der Waals surface area contributed by atoms with E-state index in [0.717, 1.165) is 5.56 Å². The summed E-state index contributed by atoms with van der Waals surface area (Å²) in [6.45, 7) is 0. The molecule has 3 nitrogen and oxygen atoms in total. The molecule has 0 aliphatic heterocycles. The number of aliphatic hydroxyl groups excluding tert-OH is 1. The van der Waals surface area contributed by atoms with E-state index in [9.17, 15) is 5.11 Å². The third-order valence-corrected chi connectivity index (χ3v) is 2.42. The highest BCUT2D eigenvalue weighted by molar-refractivity contribution is 6.30. The fourth-order valence-corrected chi connectivity index (χ4v) is 1.55. The van der Waals surface area contributed by atoms with E-state index in [1.54, 1.807) is 42.9 Å². The third-order valence-electron chi connectivity index (χ3n) is 2.10. The predicted molar refractivity (Wildman–Crippen MR) is 57.5 cm³/mol. The maximum Gasteiger partial charge on any atom is 0.135 e. The molecule has 0 amide bonds. The molecule has 2 rings (SSSR count). The second-order valence-electron chi connectivity index (χ2n) is 3.07. The quantitative estimate of drug-likeness (QED) is 0.790. The van der Waals surface area contributed by atoms with Crippen LogP contribution in [0.3, 0.4) is 0 Å². The molecule has 0 aliphatic rings. The van der Waals surface area contributed by atoms with E-state index < -0.39 is 6.10 Å². The van der Waals surface area contributed by atoms with Crippen molar-refractivity contribution in [3.8, 4) is 0 Å². The molecule has 2 aromatic heterocycles. The first kappa shape index (κ1) is 10.1. The molecule has 1 atom stereocenters. The van der Waals surface area contributed by atoms with E-state index in [2.05, 4.69) is 9.97 Å². The molecule has 1 N–H and O–H groups in total. The number of aliphatic hydroxyl groups is 1. The lowest BCUT2D eigenvalue weighted by atomic mass is 10.0. The Morgan fingerprint density at radius 3 is 2.53 bits per heavy atom. The van der Waals surface area contributed by atoms with Crippen LogP contribution in [0.4, 0.5) is 0 Å². The van der Waals surface area contributed by atoms with Crippen molar-refractivity contribution in [3.05, 3.63) is 59.1 Å². The van der Waals surface area contributed by atoms with Gasteiger partial charge < -0.3 is 5.11 Å². The van der Waals surface area contributed by atoms with Crippen LogP contribution in [0, 0.1) is 0 Å². The summed E-state index contributed by atoms with van der Waals surface area (Å²) in [5, 5.41) is 10.3. The maximum atomic E-state index is 10.0. The van der Waals surface area contributed by atoms with Crippen LogP contribution in [0.15, 0.2) is 42.9 Å².